The van der Waals surface area contributed by atoms with Crippen molar-refractivity contribution in [2.24, 2.45) is 0 Å². The highest BCUT2D eigenvalue weighted by Crippen LogP contribution is 2.33. The van der Waals surface area contributed by atoms with Crippen LogP contribution in [0.1, 0.15) is 21.5 Å². The van der Waals surface area contributed by atoms with Crippen LogP contribution < -0.4 is 14.2 Å². The summed E-state index contributed by atoms with van der Waals surface area (Å²) in [5.41, 5.74) is 3.02. The number of rotatable bonds is 5. The number of carbonyl (C=O) groups is 1. The van der Waals surface area contributed by atoms with Crippen LogP contribution in [-0.2, 0) is 6.54 Å². The maximum atomic E-state index is 13.1. The molecule has 0 radical (unpaired) electrons. The van der Waals surface area contributed by atoms with Crippen LogP contribution >= 0.6 is 0 Å². The van der Waals surface area contributed by atoms with Gasteiger partial charge < -0.3 is 19.1 Å². The maximum absolute atomic E-state index is 13.1. The summed E-state index contributed by atoms with van der Waals surface area (Å²) in [5, 5.41) is 0. The molecule has 0 saturated carbocycles. The number of aryl methyl sites for hydroxylation is 1. The summed E-state index contributed by atoms with van der Waals surface area (Å²) in [7, 11) is 0. The zero-order valence-electron chi connectivity index (χ0n) is 18.1. The van der Waals surface area contributed by atoms with Gasteiger partial charge in [-0.25, -0.2) is 0 Å². The normalized spacial score (nSPS) is 15.6. The van der Waals surface area contributed by atoms with E-state index in [0.29, 0.717) is 24.4 Å². The summed E-state index contributed by atoms with van der Waals surface area (Å²) in [6, 6.07) is 21.4. The number of ether oxygens (including phenoxy) is 3. The zero-order chi connectivity index (χ0) is 21.9. The van der Waals surface area contributed by atoms with E-state index < -0.39 is 0 Å². The molecule has 1 saturated heterocycles. The van der Waals surface area contributed by atoms with Crippen molar-refractivity contribution in [1.82, 2.24) is 9.80 Å². The van der Waals surface area contributed by atoms with Crippen molar-refractivity contribution in [2.45, 2.75) is 13.5 Å². The third-order valence-electron chi connectivity index (χ3n) is 5.84. The molecule has 0 atom stereocenters. The van der Waals surface area contributed by atoms with Crippen molar-refractivity contribution in [3.8, 4) is 23.0 Å². The molecule has 6 nitrogen and oxygen atoms in total. The van der Waals surface area contributed by atoms with E-state index in [1.807, 2.05) is 72.5 Å². The number of amides is 1. The Bertz CT molecular complexity index is 1110. The molecule has 164 valence electrons. The van der Waals surface area contributed by atoms with Gasteiger partial charge in [0.2, 0.25) is 6.79 Å². The molecular formula is C26H26N2O4. The first-order chi connectivity index (χ1) is 15.6. The molecule has 0 aliphatic carbocycles. The number of benzene rings is 3. The SMILES string of the molecule is Cc1ccc(Oc2cccc(C(=O)N3CCN(Cc4ccc5c(c4)OCO5)CC3)c2)cc1. The average molecular weight is 431 g/mol. The number of hydrogen-bond donors (Lipinski definition) is 0. The first-order valence-electron chi connectivity index (χ1n) is 10.9. The minimum absolute atomic E-state index is 0.0436. The number of fused-ring (bicyclic) bond motifs is 1. The number of carbonyl (C=O) groups excluding carboxylic acids is 1. The Morgan fingerprint density at radius 2 is 1.66 bits per heavy atom. The van der Waals surface area contributed by atoms with Crippen LogP contribution in [0.5, 0.6) is 23.0 Å². The molecule has 0 spiro atoms. The Kier molecular flexibility index (Phi) is 5.69. The lowest BCUT2D eigenvalue weighted by Crippen LogP contribution is -2.48. The maximum Gasteiger partial charge on any atom is 0.254 e. The monoisotopic (exact) mass is 430 g/mol. The van der Waals surface area contributed by atoms with Gasteiger partial charge in [-0.15, -0.1) is 0 Å². The Morgan fingerprint density at radius 1 is 0.875 bits per heavy atom. The molecule has 1 amide bonds. The topological polar surface area (TPSA) is 51.2 Å². The predicted octanol–water partition coefficient (Wildman–Crippen LogP) is 4.47. The fourth-order valence-corrected chi connectivity index (χ4v) is 4.02. The van der Waals surface area contributed by atoms with E-state index in [1.165, 1.54) is 11.1 Å². The molecule has 2 aliphatic heterocycles. The highest BCUT2D eigenvalue weighted by atomic mass is 16.7. The largest absolute Gasteiger partial charge is 0.457 e. The predicted molar refractivity (Wildman–Crippen MR) is 121 cm³/mol. The van der Waals surface area contributed by atoms with E-state index in [1.54, 1.807) is 0 Å². The molecule has 0 N–H and O–H groups in total. The summed E-state index contributed by atoms with van der Waals surface area (Å²) in [6.45, 7) is 6.23. The average Bonchev–Trinajstić information content (AvgIpc) is 3.29. The van der Waals surface area contributed by atoms with Crippen molar-refractivity contribution in [3.05, 3.63) is 83.4 Å². The van der Waals surface area contributed by atoms with Crippen LogP contribution in [0.25, 0.3) is 0 Å². The van der Waals surface area contributed by atoms with Gasteiger partial charge >= 0.3 is 0 Å². The molecule has 3 aromatic carbocycles. The van der Waals surface area contributed by atoms with Gasteiger partial charge in [-0.1, -0.05) is 29.8 Å². The van der Waals surface area contributed by atoms with Crippen LogP contribution in [0.4, 0.5) is 0 Å². The van der Waals surface area contributed by atoms with Crippen LogP contribution in [0.15, 0.2) is 66.7 Å². The molecule has 2 heterocycles. The standard InChI is InChI=1S/C26H26N2O4/c1-19-5-8-22(9-6-19)32-23-4-2-3-21(16-23)26(29)28-13-11-27(12-14-28)17-20-7-10-24-25(15-20)31-18-30-24/h2-10,15-16H,11-14,17-18H2,1H3. The van der Waals surface area contributed by atoms with Gasteiger partial charge in [-0.05, 0) is 55.0 Å². The Labute approximate surface area is 187 Å². The van der Waals surface area contributed by atoms with E-state index in [4.69, 9.17) is 14.2 Å². The van der Waals surface area contributed by atoms with Gasteiger partial charge in [0.25, 0.3) is 5.91 Å². The molecule has 32 heavy (non-hydrogen) atoms. The zero-order valence-corrected chi connectivity index (χ0v) is 18.1. The van der Waals surface area contributed by atoms with Crippen LogP contribution in [0.3, 0.4) is 0 Å². The molecule has 1 fully saturated rings. The van der Waals surface area contributed by atoms with Crippen LogP contribution in [-0.4, -0.2) is 48.7 Å². The third kappa shape index (κ3) is 4.55. The quantitative estimate of drug-likeness (QED) is 0.598. The van der Waals surface area contributed by atoms with E-state index in [0.717, 1.165) is 36.9 Å². The van der Waals surface area contributed by atoms with Gasteiger partial charge in [0.05, 0.1) is 0 Å². The van der Waals surface area contributed by atoms with Crippen LogP contribution in [0, 0.1) is 6.92 Å². The molecule has 0 bridgehead atoms. The second-order valence-corrected chi connectivity index (χ2v) is 8.20. The molecule has 3 aromatic rings. The fourth-order valence-electron chi connectivity index (χ4n) is 4.02. The summed E-state index contributed by atoms with van der Waals surface area (Å²) < 4.78 is 16.8. The summed E-state index contributed by atoms with van der Waals surface area (Å²) in [4.78, 5) is 17.3. The van der Waals surface area contributed by atoms with E-state index in [-0.39, 0.29) is 12.7 Å². The highest BCUT2D eigenvalue weighted by molar-refractivity contribution is 5.94. The molecule has 6 heteroatoms. The van der Waals surface area contributed by atoms with Gasteiger partial charge in [0.15, 0.2) is 11.5 Å². The van der Waals surface area contributed by atoms with Gasteiger partial charge in [-0.2, -0.15) is 0 Å². The first-order valence-corrected chi connectivity index (χ1v) is 10.9. The smallest absolute Gasteiger partial charge is 0.254 e. The Hall–Kier alpha value is -3.51. The van der Waals surface area contributed by atoms with Crippen molar-refractivity contribution < 1.29 is 19.0 Å². The van der Waals surface area contributed by atoms with E-state index in [9.17, 15) is 4.79 Å². The van der Waals surface area contributed by atoms with Gasteiger partial charge in [-0.3, -0.25) is 9.69 Å². The van der Waals surface area contributed by atoms with E-state index >= 15 is 0 Å². The summed E-state index contributed by atoms with van der Waals surface area (Å²) >= 11 is 0. The third-order valence-corrected chi connectivity index (χ3v) is 5.84. The first kappa shape index (κ1) is 20.4. The number of piperazine rings is 1. The second kappa shape index (κ2) is 8.93. The lowest BCUT2D eigenvalue weighted by molar-refractivity contribution is 0.0628. The molecular weight excluding hydrogens is 404 g/mol. The molecule has 2 aliphatic rings. The van der Waals surface area contributed by atoms with Crippen molar-refractivity contribution in [1.29, 1.82) is 0 Å². The van der Waals surface area contributed by atoms with Gasteiger partial charge in [0, 0.05) is 38.3 Å². The van der Waals surface area contributed by atoms with Crippen molar-refractivity contribution in [2.75, 3.05) is 33.0 Å². The fraction of sp³-hybridized carbons (Fsp3) is 0.269. The molecule has 0 unspecified atom stereocenters. The Morgan fingerprint density at radius 3 is 2.47 bits per heavy atom. The van der Waals surface area contributed by atoms with Crippen molar-refractivity contribution >= 4 is 5.91 Å². The van der Waals surface area contributed by atoms with Gasteiger partial charge in [0.1, 0.15) is 11.5 Å². The minimum Gasteiger partial charge on any atom is -0.457 e. The highest BCUT2D eigenvalue weighted by Gasteiger charge is 2.23. The second-order valence-electron chi connectivity index (χ2n) is 8.20. The lowest BCUT2D eigenvalue weighted by atomic mass is 10.1. The molecule has 5 rings (SSSR count). The molecule has 0 aromatic heterocycles. The Balaban J connectivity index is 1.18. The van der Waals surface area contributed by atoms with E-state index in [2.05, 4.69) is 11.0 Å². The summed E-state index contributed by atoms with van der Waals surface area (Å²) in [6.07, 6.45) is 0. The number of hydrogen-bond acceptors (Lipinski definition) is 5. The van der Waals surface area contributed by atoms with Crippen LogP contribution in [0.2, 0.25) is 0 Å². The van der Waals surface area contributed by atoms with Crippen molar-refractivity contribution in [3.63, 3.8) is 0 Å². The minimum atomic E-state index is 0.0436. The lowest BCUT2D eigenvalue weighted by Gasteiger charge is -2.34. The number of nitrogens with zero attached hydrogens (tertiary/aromatic N) is 2. The summed E-state index contributed by atoms with van der Waals surface area (Å²) in [5.74, 6) is 3.09.